The van der Waals surface area contributed by atoms with Gasteiger partial charge in [0.2, 0.25) is 5.91 Å². The lowest BCUT2D eigenvalue weighted by molar-refractivity contribution is -0.117. The second kappa shape index (κ2) is 6.86. The van der Waals surface area contributed by atoms with Crippen molar-refractivity contribution in [3.63, 3.8) is 0 Å². The molecule has 2 N–H and O–H groups in total. The molecule has 1 aliphatic heterocycles. The Morgan fingerprint density at radius 2 is 1.85 bits per heavy atom. The molecule has 0 unspecified atom stereocenters. The van der Waals surface area contributed by atoms with Gasteiger partial charge in [-0.2, -0.15) is 0 Å². The molecule has 0 spiro atoms. The molecule has 4 heteroatoms. The number of carbonyl (C=O) groups is 1. The SMILES string of the molecule is Cc1cc(C)cc(NC(=O)CN2CCC(CO)CC2)c1. The van der Waals surface area contributed by atoms with Crippen LogP contribution in [0.1, 0.15) is 24.0 Å². The standard InChI is InChI=1S/C16H24N2O2/c1-12-7-13(2)9-15(8-12)17-16(20)10-18-5-3-14(11-19)4-6-18/h7-9,14,19H,3-6,10-11H2,1-2H3,(H,17,20). The van der Waals surface area contributed by atoms with E-state index in [4.69, 9.17) is 5.11 Å². The minimum absolute atomic E-state index is 0.0393. The van der Waals surface area contributed by atoms with Crippen LogP contribution in [0.25, 0.3) is 0 Å². The van der Waals surface area contributed by atoms with Crippen LogP contribution in [0, 0.1) is 19.8 Å². The molecule has 0 bridgehead atoms. The molecule has 1 aliphatic rings. The van der Waals surface area contributed by atoms with E-state index in [1.165, 1.54) is 0 Å². The predicted molar refractivity (Wildman–Crippen MR) is 80.8 cm³/mol. The number of aliphatic hydroxyl groups is 1. The van der Waals surface area contributed by atoms with Gasteiger partial charge in [-0.15, -0.1) is 0 Å². The number of carbonyl (C=O) groups excluding carboxylic acids is 1. The van der Waals surface area contributed by atoms with Crippen LogP contribution in [0.2, 0.25) is 0 Å². The Balaban J connectivity index is 1.83. The molecule has 2 rings (SSSR count). The number of hydrogen-bond donors (Lipinski definition) is 2. The van der Waals surface area contributed by atoms with Gasteiger partial charge in [0.05, 0.1) is 6.54 Å². The number of nitrogens with one attached hydrogen (secondary N) is 1. The minimum Gasteiger partial charge on any atom is -0.396 e. The molecule has 1 aromatic carbocycles. The summed E-state index contributed by atoms with van der Waals surface area (Å²) in [4.78, 5) is 14.2. The average molecular weight is 276 g/mol. The van der Waals surface area contributed by atoms with Gasteiger partial charge in [0.1, 0.15) is 0 Å². The number of nitrogens with zero attached hydrogens (tertiary/aromatic N) is 1. The van der Waals surface area contributed by atoms with Gasteiger partial charge in [0.15, 0.2) is 0 Å². The molecule has 110 valence electrons. The highest BCUT2D eigenvalue weighted by Crippen LogP contribution is 2.17. The van der Waals surface area contributed by atoms with E-state index in [1.54, 1.807) is 0 Å². The zero-order valence-corrected chi connectivity index (χ0v) is 12.4. The Kier molecular flexibility index (Phi) is 5.15. The zero-order valence-electron chi connectivity index (χ0n) is 12.4. The van der Waals surface area contributed by atoms with Gasteiger partial charge >= 0.3 is 0 Å². The summed E-state index contributed by atoms with van der Waals surface area (Å²) in [5.74, 6) is 0.450. The maximum Gasteiger partial charge on any atom is 0.238 e. The summed E-state index contributed by atoms with van der Waals surface area (Å²) in [5.41, 5.74) is 3.19. The van der Waals surface area contributed by atoms with Crippen molar-refractivity contribution < 1.29 is 9.90 Å². The van der Waals surface area contributed by atoms with Crippen molar-refractivity contribution in [1.82, 2.24) is 4.90 Å². The molecule has 1 amide bonds. The fourth-order valence-electron chi connectivity index (χ4n) is 2.78. The summed E-state index contributed by atoms with van der Waals surface area (Å²) in [6.07, 6.45) is 1.96. The first-order chi connectivity index (χ1) is 9.56. The summed E-state index contributed by atoms with van der Waals surface area (Å²) < 4.78 is 0. The van der Waals surface area contributed by atoms with Crippen LogP contribution in [0.5, 0.6) is 0 Å². The van der Waals surface area contributed by atoms with Gasteiger partial charge in [0, 0.05) is 12.3 Å². The van der Waals surface area contributed by atoms with Crippen molar-refractivity contribution in [2.24, 2.45) is 5.92 Å². The fourth-order valence-corrected chi connectivity index (χ4v) is 2.78. The third-order valence-corrected chi connectivity index (χ3v) is 3.84. The third kappa shape index (κ3) is 4.32. The summed E-state index contributed by atoms with van der Waals surface area (Å²) in [7, 11) is 0. The van der Waals surface area contributed by atoms with Crippen LogP contribution in [0.15, 0.2) is 18.2 Å². The molecule has 0 saturated carbocycles. The lowest BCUT2D eigenvalue weighted by Crippen LogP contribution is -2.39. The van der Waals surface area contributed by atoms with Gasteiger partial charge in [-0.3, -0.25) is 9.69 Å². The Bertz CT molecular complexity index is 445. The second-order valence-corrected chi connectivity index (χ2v) is 5.83. The normalized spacial score (nSPS) is 17.1. The first kappa shape index (κ1) is 15.0. The number of piperidine rings is 1. The molecule has 1 heterocycles. The van der Waals surface area contributed by atoms with Crippen molar-refractivity contribution in [3.05, 3.63) is 29.3 Å². The molecule has 20 heavy (non-hydrogen) atoms. The van der Waals surface area contributed by atoms with Gasteiger partial charge in [-0.05, 0) is 69.0 Å². The van der Waals surface area contributed by atoms with Crippen molar-refractivity contribution in [1.29, 1.82) is 0 Å². The summed E-state index contributed by atoms with van der Waals surface area (Å²) in [6.45, 7) is 6.55. The van der Waals surface area contributed by atoms with Crippen molar-refractivity contribution >= 4 is 11.6 Å². The van der Waals surface area contributed by atoms with Crippen molar-refractivity contribution in [3.8, 4) is 0 Å². The van der Waals surface area contributed by atoms with E-state index in [0.717, 1.165) is 42.7 Å². The van der Waals surface area contributed by atoms with Crippen LogP contribution in [0.4, 0.5) is 5.69 Å². The number of aliphatic hydroxyl groups excluding tert-OH is 1. The molecule has 4 nitrogen and oxygen atoms in total. The number of hydrogen-bond acceptors (Lipinski definition) is 3. The summed E-state index contributed by atoms with van der Waals surface area (Å²) >= 11 is 0. The molecule has 0 atom stereocenters. The van der Waals surface area contributed by atoms with E-state index in [9.17, 15) is 4.79 Å². The monoisotopic (exact) mass is 276 g/mol. The first-order valence-corrected chi connectivity index (χ1v) is 7.28. The Morgan fingerprint density at radius 3 is 2.40 bits per heavy atom. The molecule has 1 fully saturated rings. The van der Waals surface area contributed by atoms with E-state index in [0.29, 0.717) is 12.5 Å². The summed E-state index contributed by atoms with van der Waals surface area (Å²) in [6, 6.07) is 6.07. The Labute approximate surface area is 120 Å². The highest BCUT2D eigenvalue weighted by Gasteiger charge is 2.20. The smallest absolute Gasteiger partial charge is 0.238 e. The fraction of sp³-hybridized carbons (Fsp3) is 0.562. The highest BCUT2D eigenvalue weighted by atomic mass is 16.3. The lowest BCUT2D eigenvalue weighted by atomic mass is 9.98. The topological polar surface area (TPSA) is 52.6 Å². The summed E-state index contributed by atoms with van der Waals surface area (Å²) in [5, 5.41) is 12.1. The van der Waals surface area contributed by atoms with E-state index < -0.39 is 0 Å². The van der Waals surface area contributed by atoms with Crippen LogP contribution in [-0.2, 0) is 4.79 Å². The molecule has 0 aliphatic carbocycles. The van der Waals surface area contributed by atoms with E-state index in [2.05, 4.69) is 16.3 Å². The lowest BCUT2D eigenvalue weighted by Gasteiger charge is -2.30. The minimum atomic E-state index is 0.0393. The number of aryl methyl sites for hydroxylation is 2. The highest BCUT2D eigenvalue weighted by molar-refractivity contribution is 5.92. The third-order valence-electron chi connectivity index (χ3n) is 3.84. The first-order valence-electron chi connectivity index (χ1n) is 7.28. The Morgan fingerprint density at radius 1 is 1.25 bits per heavy atom. The van der Waals surface area contributed by atoms with Crippen molar-refractivity contribution in [2.45, 2.75) is 26.7 Å². The zero-order chi connectivity index (χ0) is 14.5. The Hall–Kier alpha value is -1.39. The molecule has 1 saturated heterocycles. The molecular formula is C16H24N2O2. The number of rotatable bonds is 4. The predicted octanol–water partition coefficient (Wildman–Crippen LogP) is 1.95. The average Bonchev–Trinajstić information content (AvgIpc) is 2.38. The number of anilines is 1. The maximum absolute atomic E-state index is 12.1. The van der Waals surface area contributed by atoms with Crippen LogP contribution < -0.4 is 5.32 Å². The van der Waals surface area contributed by atoms with Gasteiger partial charge in [-0.1, -0.05) is 6.07 Å². The molecule has 0 aromatic heterocycles. The molecule has 0 radical (unpaired) electrons. The van der Waals surface area contributed by atoms with Gasteiger partial charge < -0.3 is 10.4 Å². The maximum atomic E-state index is 12.1. The number of benzene rings is 1. The van der Waals surface area contributed by atoms with Crippen LogP contribution >= 0.6 is 0 Å². The molecular weight excluding hydrogens is 252 g/mol. The molecule has 1 aromatic rings. The largest absolute Gasteiger partial charge is 0.396 e. The number of amides is 1. The van der Waals surface area contributed by atoms with E-state index >= 15 is 0 Å². The van der Waals surface area contributed by atoms with E-state index in [-0.39, 0.29) is 12.5 Å². The van der Waals surface area contributed by atoms with E-state index in [1.807, 2.05) is 26.0 Å². The number of likely N-dealkylation sites (tertiary alicyclic amines) is 1. The van der Waals surface area contributed by atoms with Crippen molar-refractivity contribution in [2.75, 3.05) is 31.6 Å². The second-order valence-electron chi connectivity index (χ2n) is 5.83. The van der Waals surface area contributed by atoms with Crippen LogP contribution in [0.3, 0.4) is 0 Å². The van der Waals surface area contributed by atoms with Crippen LogP contribution in [-0.4, -0.2) is 42.2 Å². The van der Waals surface area contributed by atoms with Gasteiger partial charge in [0.25, 0.3) is 0 Å². The quantitative estimate of drug-likeness (QED) is 0.883. The van der Waals surface area contributed by atoms with Gasteiger partial charge in [-0.25, -0.2) is 0 Å².